The van der Waals surface area contributed by atoms with Crippen LogP contribution in [0.25, 0.3) is 11.8 Å². The van der Waals surface area contributed by atoms with E-state index >= 15 is 0 Å². The number of ether oxygens (including phenoxy) is 1. The van der Waals surface area contributed by atoms with Crippen LogP contribution in [-0.4, -0.2) is 44.7 Å². The summed E-state index contributed by atoms with van der Waals surface area (Å²) in [6.07, 6.45) is 1.57. The number of carbonyl (C=O) groups is 3. The Hall–Kier alpha value is -3.11. The largest absolute Gasteiger partial charge is 0.465 e. The summed E-state index contributed by atoms with van der Waals surface area (Å²) in [5.41, 5.74) is 2.48. The van der Waals surface area contributed by atoms with E-state index in [1.807, 2.05) is 6.92 Å². The standard InChI is InChI=1S/C20H18ClN3O6S/c1-4-30-18(25)10-22-19(26)17(31-20(22)27)8-13-7-11(2)23(12(13)3)14-5-6-15(21)16(9-14)24(28)29/h5-9H,4,10H2,1-3H3/b17-8-. The van der Waals surface area contributed by atoms with Gasteiger partial charge in [-0.15, -0.1) is 0 Å². The van der Waals surface area contributed by atoms with Gasteiger partial charge in [-0.3, -0.25) is 29.4 Å². The number of benzene rings is 1. The van der Waals surface area contributed by atoms with Gasteiger partial charge in [-0.25, -0.2) is 0 Å². The number of hydrogen-bond donors (Lipinski definition) is 0. The lowest BCUT2D eigenvalue weighted by molar-refractivity contribution is -0.384. The number of aromatic nitrogens is 1. The van der Waals surface area contributed by atoms with E-state index < -0.39 is 28.6 Å². The second kappa shape index (κ2) is 8.94. The third kappa shape index (κ3) is 4.49. The minimum absolute atomic E-state index is 0.0340. The Morgan fingerprint density at radius 3 is 2.65 bits per heavy atom. The van der Waals surface area contributed by atoms with Crippen molar-refractivity contribution in [3.8, 4) is 5.69 Å². The normalized spacial score (nSPS) is 15.1. The number of amides is 2. The second-order valence-electron chi connectivity index (χ2n) is 6.63. The molecular formula is C20H18ClN3O6S. The number of rotatable bonds is 6. The van der Waals surface area contributed by atoms with Crippen molar-refractivity contribution in [2.45, 2.75) is 20.8 Å². The fourth-order valence-corrected chi connectivity index (χ4v) is 4.24. The fourth-order valence-electron chi connectivity index (χ4n) is 3.22. The fraction of sp³-hybridized carbons (Fsp3) is 0.250. The van der Waals surface area contributed by atoms with Gasteiger partial charge in [-0.2, -0.15) is 0 Å². The number of esters is 1. The summed E-state index contributed by atoms with van der Waals surface area (Å²) in [5.74, 6) is -1.23. The van der Waals surface area contributed by atoms with Gasteiger partial charge >= 0.3 is 5.97 Å². The predicted molar refractivity (Wildman–Crippen MR) is 116 cm³/mol. The minimum Gasteiger partial charge on any atom is -0.465 e. The molecule has 2 heterocycles. The molecule has 9 nitrogen and oxygen atoms in total. The maximum absolute atomic E-state index is 12.6. The van der Waals surface area contributed by atoms with E-state index in [1.165, 1.54) is 12.1 Å². The monoisotopic (exact) mass is 463 g/mol. The van der Waals surface area contributed by atoms with E-state index in [9.17, 15) is 24.5 Å². The topological polar surface area (TPSA) is 112 Å². The summed E-state index contributed by atoms with van der Waals surface area (Å²) in [4.78, 5) is 48.1. The number of nitro benzene ring substituents is 1. The molecule has 31 heavy (non-hydrogen) atoms. The van der Waals surface area contributed by atoms with Gasteiger partial charge in [-0.05, 0) is 62.4 Å². The number of aryl methyl sites for hydroxylation is 1. The zero-order valence-electron chi connectivity index (χ0n) is 16.9. The van der Waals surface area contributed by atoms with Crippen LogP contribution >= 0.6 is 23.4 Å². The third-order valence-electron chi connectivity index (χ3n) is 4.61. The molecule has 0 saturated carbocycles. The number of thioether (sulfide) groups is 1. The van der Waals surface area contributed by atoms with E-state index in [0.29, 0.717) is 16.9 Å². The molecule has 1 aromatic heterocycles. The number of halogens is 1. The molecule has 1 aromatic carbocycles. The molecule has 1 aliphatic rings. The molecule has 0 radical (unpaired) electrons. The molecule has 0 spiro atoms. The Bertz CT molecular complexity index is 1140. The van der Waals surface area contributed by atoms with Crippen molar-refractivity contribution in [3.05, 3.63) is 61.3 Å². The summed E-state index contributed by atoms with van der Waals surface area (Å²) in [5, 5.41) is 10.7. The molecule has 0 aliphatic carbocycles. The molecule has 2 aromatic rings. The molecule has 0 atom stereocenters. The van der Waals surface area contributed by atoms with Crippen LogP contribution in [0.2, 0.25) is 5.02 Å². The average Bonchev–Trinajstić information content (AvgIpc) is 3.12. The van der Waals surface area contributed by atoms with Crippen LogP contribution in [-0.2, 0) is 14.3 Å². The third-order valence-corrected chi connectivity index (χ3v) is 5.83. The maximum Gasteiger partial charge on any atom is 0.326 e. The lowest BCUT2D eigenvalue weighted by Gasteiger charge is -2.11. The molecule has 162 valence electrons. The van der Waals surface area contributed by atoms with Crippen molar-refractivity contribution in [2.24, 2.45) is 0 Å². The van der Waals surface area contributed by atoms with Gasteiger partial charge in [0.15, 0.2) is 0 Å². The summed E-state index contributed by atoms with van der Waals surface area (Å²) >= 11 is 6.65. The van der Waals surface area contributed by atoms with Gasteiger partial charge in [-0.1, -0.05) is 11.6 Å². The number of carbonyl (C=O) groups excluding carboxylic acids is 3. The summed E-state index contributed by atoms with van der Waals surface area (Å²) < 4.78 is 6.59. The smallest absolute Gasteiger partial charge is 0.326 e. The first kappa shape index (κ1) is 22.6. The zero-order chi connectivity index (χ0) is 22.9. The van der Waals surface area contributed by atoms with Crippen molar-refractivity contribution in [3.63, 3.8) is 0 Å². The molecule has 1 saturated heterocycles. The van der Waals surface area contributed by atoms with Gasteiger partial charge in [0.25, 0.3) is 16.8 Å². The summed E-state index contributed by atoms with van der Waals surface area (Å²) in [7, 11) is 0. The Labute approximate surface area is 186 Å². The predicted octanol–water partition coefficient (Wildman–Crippen LogP) is 4.26. The van der Waals surface area contributed by atoms with Crippen LogP contribution in [0.5, 0.6) is 0 Å². The van der Waals surface area contributed by atoms with Crippen molar-refractivity contribution in [1.29, 1.82) is 0 Å². The zero-order valence-corrected chi connectivity index (χ0v) is 18.5. The first-order chi connectivity index (χ1) is 14.6. The van der Waals surface area contributed by atoms with Crippen LogP contribution in [0, 0.1) is 24.0 Å². The molecule has 0 unspecified atom stereocenters. The first-order valence-electron chi connectivity index (χ1n) is 9.18. The van der Waals surface area contributed by atoms with Crippen LogP contribution in [0.15, 0.2) is 29.2 Å². The number of nitro groups is 1. The SMILES string of the molecule is CCOC(=O)CN1C(=O)S/C(=C\c2cc(C)n(-c3ccc(Cl)c([N+](=O)[O-])c3)c2C)C1=O. The molecule has 0 bridgehead atoms. The molecule has 1 fully saturated rings. The van der Waals surface area contributed by atoms with Crippen molar-refractivity contribution in [1.82, 2.24) is 9.47 Å². The lowest BCUT2D eigenvalue weighted by atomic mass is 10.2. The summed E-state index contributed by atoms with van der Waals surface area (Å²) in [6.45, 7) is 4.96. The van der Waals surface area contributed by atoms with E-state index in [1.54, 1.807) is 36.6 Å². The van der Waals surface area contributed by atoms with E-state index in [-0.39, 0.29) is 22.2 Å². The maximum atomic E-state index is 12.6. The highest BCUT2D eigenvalue weighted by atomic mass is 35.5. The lowest BCUT2D eigenvalue weighted by Crippen LogP contribution is -2.34. The first-order valence-corrected chi connectivity index (χ1v) is 10.4. The van der Waals surface area contributed by atoms with Gasteiger partial charge in [0.2, 0.25) is 0 Å². The highest BCUT2D eigenvalue weighted by molar-refractivity contribution is 8.18. The number of imide groups is 1. The van der Waals surface area contributed by atoms with Crippen molar-refractivity contribution >= 4 is 52.2 Å². The van der Waals surface area contributed by atoms with Gasteiger partial charge in [0, 0.05) is 17.5 Å². The molecule has 0 N–H and O–H groups in total. The quantitative estimate of drug-likeness (QED) is 0.272. The average molecular weight is 464 g/mol. The Morgan fingerprint density at radius 1 is 1.29 bits per heavy atom. The molecular weight excluding hydrogens is 446 g/mol. The molecule has 11 heteroatoms. The van der Waals surface area contributed by atoms with Gasteiger partial charge < -0.3 is 9.30 Å². The molecule has 2 amide bonds. The van der Waals surface area contributed by atoms with E-state index in [2.05, 4.69) is 0 Å². The second-order valence-corrected chi connectivity index (χ2v) is 8.03. The van der Waals surface area contributed by atoms with Crippen molar-refractivity contribution < 1.29 is 24.0 Å². The molecule has 3 rings (SSSR count). The highest BCUT2D eigenvalue weighted by Gasteiger charge is 2.36. The van der Waals surface area contributed by atoms with Crippen LogP contribution < -0.4 is 0 Å². The Balaban J connectivity index is 1.94. The summed E-state index contributed by atoms with van der Waals surface area (Å²) in [6, 6.07) is 6.29. The van der Waals surface area contributed by atoms with Crippen LogP contribution in [0.4, 0.5) is 10.5 Å². The number of nitrogens with zero attached hydrogens (tertiary/aromatic N) is 3. The Morgan fingerprint density at radius 2 is 2.00 bits per heavy atom. The van der Waals surface area contributed by atoms with E-state index in [0.717, 1.165) is 22.4 Å². The van der Waals surface area contributed by atoms with Gasteiger partial charge in [0.05, 0.1) is 22.1 Å². The minimum atomic E-state index is -0.659. The van der Waals surface area contributed by atoms with Crippen molar-refractivity contribution in [2.75, 3.05) is 13.2 Å². The Kier molecular flexibility index (Phi) is 6.51. The van der Waals surface area contributed by atoms with Crippen LogP contribution in [0.1, 0.15) is 23.9 Å². The number of hydrogen-bond acceptors (Lipinski definition) is 7. The molecule has 1 aliphatic heterocycles. The van der Waals surface area contributed by atoms with Crippen LogP contribution in [0.3, 0.4) is 0 Å². The van der Waals surface area contributed by atoms with Gasteiger partial charge in [0.1, 0.15) is 11.6 Å². The van der Waals surface area contributed by atoms with E-state index in [4.69, 9.17) is 16.3 Å². The highest BCUT2D eigenvalue weighted by Crippen LogP contribution is 2.34.